The second kappa shape index (κ2) is 6.10. The maximum Gasteiger partial charge on any atom is 0.410 e. The summed E-state index contributed by atoms with van der Waals surface area (Å²) in [4.78, 5) is 13.6. The third kappa shape index (κ3) is 4.58. The van der Waals surface area contributed by atoms with Crippen molar-refractivity contribution in [2.24, 2.45) is 5.92 Å². The van der Waals surface area contributed by atoms with Crippen molar-refractivity contribution < 1.29 is 14.6 Å². The lowest BCUT2D eigenvalue weighted by atomic mass is 9.92. The van der Waals surface area contributed by atoms with Crippen LogP contribution < -0.4 is 0 Å². The second-order valence-electron chi connectivity index (χ2n) is 5.67. The summed E-state index contributed by atoms with van der Waals surface area (Å²) in [6, 6.07) is 0. The van der Waals surface area contributed by atoms with Gasteiger partial charge in [0, 0.05) is 25.4 Å². The molecule has 102 valence electrons. The van der Waals surface area contributed by atoms with Gasteiger partial charge in [0.2, 0.25) is 0 Å². The van der Waals surface area contributed by atoms with E-state index in [2.05, 4.69) is 11.8 Å². The number of carbonyl (C=O) groups is 1. The largest absolute Gasteiger partial charge is 0.444 e. The van der Waals surface area contributed by atoms with Crippen molar-refractivity contribution in [2.45, 2.75) is 52.2 Å². The molecule has 0 saturated carbocycles. The first-order valence-corrected chi connectivity index (χ1v) is 6.39. The Kier molecular flexibility index (Phi) is 5.03. The smallest absolute Gasteiger partial charge is 0.410 e. The van der Waals surface area contributed by atoms with E-state index in [0.29, 0.717) is 25.9 Å². The van der Waals surface area contributed by atoms with E-state index in [0.717, 1.165) is 0 Å². The molecule has 2 atom stereocenters. The molecule has 1 aliphatic heterocycles. The van der Waals surface area contributed by atoms with Gasteiger partial charge in [0.1, 0.15) is 5.60 Å². The summed E-state index contributed by atoms with van der Waals surface area (Å²) in [5, 5.41) is 9.88. The zero-order chi connectivity index (χ0) is 13.8. The number of carbonyl (C=O) groups excluding carboxylic acids is 1. The highest BCUT2D eigenvalue weighted by atomic mass is 16.6. The maximum absolute atomic E-state index is 11.9. The van der Waals surface area contributed by atoms with E-state index in [4.69, 9.17) is 4.74 Å². The average Bonchev–Trinajstić information content (AvgIpc) is 2.25. The Morgan fingerprint density at radius 3 is 2.72 bits per heavy atom. The number of ether oxygens (including phenoxy) is 1. The zero-order valence-electron chi connectivity index (χ0n) is 11.7. The summed E-state index contributed by atoms with van der Waals surface area (Å²) in [5.41, 5.74) is -0.480. The number of rotatable bonds is 1. The highest BCUT2D eigenvalue weighted by Crippen LogP contribution is 2.21. The van der Waals surface area contributed by atoms with Crippen LogP contribution in [0.3, 0.4) is 0 Å². The predicted octanol–water partition coefficient (Wildman–Crippen LogP) is 2.02. The molecule has 0 radical (unpaired) electrons. The van der Waals surface area contributed by atoms with Gasteiger partial charge in [-0.1, -0.05) is 0 Å². The minimum Gasteiger partial charge on any atom is -0.444 e. The molecule has 1 fully saturated rings. The highest BCUT2D eigenvalue weighted by molar-refractivity contribution is 5.68. The van der Waals surface area contributed by atoms with Crippen LogP contribution in [0.4, 0.5) is 4.79 Å². The van der Waals surface area contributed by atoms with E-state index in [1.54, 1.807) is 11.8 Å². The minimum absolute atomic E-state index is 0.0266. The number of amides is 1. The van der Waals surface area contributed by atoms with Crippen LogP contribution in [0, 0.1) is 17.8 Å². The van der Waals surface area contributed by atoms with E-state index in [-0.39, 0.29) is 18.1 Å². The fourth-order valence-electron chi connectivity index (χ4n) is 1.95. The molecule has 0 aliphatic carbocycles. The number of nitrogens with zero attached hydrogens (tertiary/aromatic N) is 1. The number of hydrogen-bond acceptors (Lipinski definition) is 3. The molecule has 1 N–H and O–H groups in total. The Morgan fingerprint density at radius 2 is 2.17 bits per heavy atom. The molecule has 4 nitrogen and oxygen atoms in total. The fourth-order valence-corrected chi connectivity index (χ4v) is 1.95. The SMILES string of the molecule is CC#CCC1CN(C(=O)OC(C)(C)C)CCC1O. The van der Waals surface area contributed by atoms with E-state index in [9.17, 15) is 9.90 Å². The second-order valence-corrected chi connectivity index (χ2v) is 5.67. The quantitative estimate of drug-likeness (QED) is 0.727. The molecular formula is C14H23NO3. The molecule has 0 aromatic rings. The molecule has 2 unspecified atom stereocenters. The Balaban J connectivity index is 2.57. The molecule has 18 heavy (non-hydrogen) atoms. The van der Waals surface area contributed by atoms with Gasteiger partial charge in [0.05, 0.1) is 6.10 Å². The first kappa shape index (κ1) is 14.8. The molecule has 1 aliphatic rings. The zero-order valence-corrected chi connectivity index (χ0v) is 11.7. The highest BCUT2D eigenvalue weighted by Gasteiger charge is 2.31. The van der Waals surface area contributed by atoms with Gasteiger partial charge in [-0.15, -0.1) is 11.8 Å². The van der Waals surface area contributed by atoms with Crippen molar-refractivity contribution >= 4 is 6.09 Å². The Bertz CT molecular complexity index is 348. The molecular weight excluding hydrogens is 230 g/mol. The summed E-state index contributed by atoms with van der Waals surface area (Å²) in [5.74, 6) is 5.82. The number of aliphatic hydroxyl groups is 1. The van der Waals surface area contributed by atoms with Crippen LogP contribution in [0.25, 0.3) is 0 Å². The Morgan fingerprint density at radius 1 is 1.50 bits per heavy atom. The minimum atomic E-state index is -0.480. The lowest BCUT2D eigenvalue weighted by molar-refractivity contribution is -0.00734. The van der Waals surface area contributed by atoms with Crippen molar-refractivity contribution in [3.05, 3.63) is 0 Å². The standard InChI is InChI=1S/C14H23NO3/c1-5-6-7-11-10-15(9-8-12(11)16)13(17)18-14(2,3)4/h11-12,16H,7-10H2,1-4H3. The molecule has 0 aromatic carbocycles. The summed E-state index contributed by atoms with van der Waals surface area (Å²) in [6.07, 6.45) is 0.542. The van der Waals surface area contributed by atoms with Crippen LogP contribution in [0.2, 0.25) is 0 Å². The van der Waals surface area contributed by atoms with Gasteiger partial charge in [-0.3, -0.25) is 0 Å². The van der Waals surface area contributed by atoms with Crippen molar-refractivity contribution in [1.29, 1.82) is 0 Å². The van der Waals surface area contributed by atoms with Gasteiger partial charge in [0.25, 0.3) is 0 Å². The van der Waals surface area contributed by atoms with Crippen LogP contribution in [-0.2, 0) is 4.74 Å². The predicted molar refractivity (Wildman–Crippen MR) is 70.0 cm³/mol. The van der Waals surface area contributed by atoms with Crippen molar-refractivity contribution in [3.8, 4) is 11.8 Å². The summed E-state index contributed by atoms with van der Waals surface area (Å²) >= 11 is 0. The van der Waals surface area contributed by atoms with Crippen LogP contribution in [0.1, 0.15) is 40.5 Å². The molecule has 1 heterocycles. The number of hydrogen-bond donors (Lipinski definition) is 1. The summed E-state index contributed by atoms with van der Waals surface area (Å²) in [7, 11) is 0. The molecule has 0 bridgehead atoms. The first-order chi connectivity index (χ1) is 8.33. The molecule has 1 amide bonds. The average molecular weight is 253 g/mol. The van der Waals surface area contributed by atoms with Crippen molar-refractivity contribution in [3.63, 3.8) is 0 Å². The van der Waals surface area contributed by atoms with Crippen LogP contribution in [0.5, 0.6) is 0 Å². The van der Waals surface area contributed by atoms with Gasteiger partial charge in [-0.05, 0) is 34.1 Å². The third-order valence-corrected chi connectivity index (χ3v) is 2.89. The van der Waals surface area contributed by atoms with E-state index in [1.165, 1.54) is 0 Å². The van der Waals surface area contributed by atoms with E-state index < -0.39 is 5.60 Å². The lowest BCUT2D eigenvalue weighted by Crippen LogP contribution is -2.47. The van der Waals surface area contributed by atoms with Gasteiger partial charge < -0.3 is 14.7 Å². The van der Waals surface area contributed by atoms with Gasteiger partial charge in [-0.2, -0.15) is 0 Å². The number of aliphatic hydroxyl groups excluding tert-OH is 1. The summed E-state index contributed by atoms with van der Waals surface area (Å²) < 4.78 is 5.33. The van der Waals surface area contributed by atoms with Gasteiger partial charge in [-0.25, -0.2) is 4.79 Å². The van der Waals surface area contributed by atoms with Crippen molar-refractivity contribution in [1.82, 2.24) is 4.90 Å². The van der Waals surface area contributed by atoms with Gasteiger partial charge in [0.15, 0.2) is 0 Å². The molecule has 0 aromatic heterocycles. The Hall–Kier alpha value is -1.21. The normalized spacial score (nSPS) is 24.2. The molecule has 1 saturated heterocycles. The molecule has 0 spiro atoms. The van der Waals surface area contributed by atoms with Crippen LogP contribution >= 0.6 is 0 Å². The molecule has 4 heteroatoms. The summed E-state index contributed by atoms with van der Waals surface area (Å²) in [6.45, 7) is 8.40. The van der Waals surface area contributed by atoms with Gasteiger partial charge >= 0.3 is 6.09 Å². The third-order valence-electron chi connectivity index (χ3n) is 2.89. The Labute approximate surface area is 109 Å². The van der Waals surface area contributed by atoms with E-state index >= 15 is 0 Å². The monoisotopic (exact) mass is 253 g/mol. The molecule has 1 rings (SSSR count). The van der Waals surface area contributed by atoms with E-state index in [1.807, 2.05) is 20.8 Å². The maximum atomic E-state index is 11.9. The van der Waals surface area contributed by atoms with Crippen molar-refractivity contribution in [2.75, 3.05) is 13.1 Å². The lowest BCUT2D eigenvalue weighted by Gasteiger charge is -2.36. The number of piperidine rings is 1. The van der Waals surface area contributed by atoms with Crippen LogP contribution in [-0.4, -0.2) is 40.9 Å². The van der Waals surface area contributed by atoms with Crippen LogP contribution in [0.15, 0.2) is 0 Å². The topological polar surface area (TPSA) is 49.8 Å². The fraction of sp³-hybridized carbons (Fsp3) is 0.786. The first-order valence-electron chi connectivity index (χ1n) is 6.39. The number of likely N-dealkylation sites (tertiary alicyclic amines) is 1.